The zero-order valence-electron chi connectivity index (χ0n) is 17.3. The second kappa shape index (κ2) is 8.19. The van der Waals surface area contributed by atoms with Crippen LogP contribution in [0.3, 0.4) is 0 Å². The Labute approximate surface area is 177 Å². The Kier molecular flexibility index (Phi) is 5.41. The van der Waals surface area contributed by atoms with Gasteiger partial charge in [0.2, 0.25) is 5.91 Å². The van der Waals surface area contributed by atoms with Crippen LogP contribution >= 0.6 is 0 Å². The van der Waals surface area contributed by atoms with E-state index in [2.05, 4.69) is 29.6 Å². The Bertz CT molecular complexity index is 807. The quantitative estimate of drug-likeness (QED) is 0.705. The van der Waals surface area contributed by atoms with E-state index in [-0.39, 0.29) is 30.8 Å². The number of amides is 2. The Morgan fingerprint density at radius 1 is 1.10 bits per heavy atom. The molecule has 1 spiro atoms. The second-order valence-electron chi connectivity index (χ2n) is 9.03. The first kappa shape index (κ1) is 19.8. The summed E-state index contributed by atoms with van der Waals surface area (Å²) in [4.78, 5) is 26.7. The lowest BCUT2D eigenvalue weighted by Gasteiger charge is -2.41. The minimum atomic E-state index is -0.588. The van der Waals surface area contributed by atoms with Crippen molar-refractivity contribution in [2.45, 2.75) is 62.1 Å². The van der Waals surface area contributed by atoms with Gasteiger partial charge in [-0.3, -0.25) is 4.79 Å². The molecule has 1 saturated carbocycles. The van der Waals surface area contributed by atoms with Gasteiger partial charge >= 0.3 is 6.09 Å². The van der Waals surface area contributed by atoms with Gasteiger partial charge in [0.15, 0.2) is 0 Å². The van der Waals surface area contributed by atoms with E-state index in [1.807, 2.05) is 0 Å². The molecule has 1 aromatic rings. The molecule has 30 heavy (non-hydrogen) atoms. The van der Waals surface area contributed by atoms with Crippen LogP contribution < -0.4 is 5.32 Å². The number of hydrogen-bond acceptors (Lipinski definition) is 5. The number of ether oxygens (including phenoxy) is 3. The molecule has 7 heteroatoms. The van der Waals surface area contributed by atoms with Gasteiger partial charge in [-0.2, -0.15) is 0 Å². The van der Waals surface area contributed by atoms with Gasteiger partial charge < -0.3 is 24.4 Å². The maximum Gasteiger partial charge on any atom is 0.410 e. The molecule has 4 heterocycles. The Morgan fingerprint density at radius 3 is 2.77 bits per heavy atom. The molecule has 7 nitrogen and oxygen atoms in total. The first-order chi connectivity index (χ1) is 14.6. The second-order valence-corrected chi connectivity index (χ2v) is 9.03. The van der Waals surface area contributed by atoms with E-state index in [9.17, 15) is 9.59 Å². The number of rotatable bonds is 0. The first-order valence-electron chi connectivity index (χ1n) is 11.2. The van der Waals surface area contributed by atoms with Gasteiger partial charge in [0.1, 0.15) is 6.61 Å². The third-order valence-corrected chi connectivity index (χ3v) is 7.28. The fourth-order valence-corrected chi connectivity index (χ4v) is 5.66. The van der Waals surface area contributed by atoms with Crippen LogP contribution in [0.25, 0.3) is 0 Å². The minimum Gasteiger partial charge on any atom is -0.449 e. The van der Waals surface area contributed by atoms with E-state index in [1.54, 1.807) is 4.90 Å². The predicted molar refractivity (Wildman–Crippen MR) is 109 cm³/mol. The molecule has 6 rings (SSSR count). The van der Waals surface area contributed by atoms with Crippen LogP contribution in [0.4, 0.5) is 4.79 Å². The molecule has 0 radical (unpaired) electrons. The molecular formula is C23H30N2O5. The van der Waals surface area contributed by atoms with Crippen molar-refractivity contribution in [3.8, 4) is 0 Å². The van der Waals surface area contributed by atoms with E-state index < -0.39 is 5.54 Å². The zero-order chi connectivity index (χ0) is 20.6. The molecule has 0 aromatic heterocycles. The summed E-state index contributed by atoms with van der Waals surface area (Å²) in [6, 6.07) is 8.26. The van der Waals surface area contributed by atoms with Gasteiger partial charge in [-0.25, -0.2) is 4.79 Å². The van der Waals surface area contributed by atoms with Crippen molar-refractivity contribution in [1.29, 1.82) is 0 Å². The van der Waals surface area contributed by atoms with E-state index in [1.165, 1.54) is 11.1 Å². The van der Waals surface area contributed by atoms with Gasteiger partial charge in [0.05, 0.1) is 37.5 Å². The predicted octanol–water partition coefficient (Wildman–Crippen LogP) is 2.38. The van der Waals surface area contributed by atoms with Crippen molar-refractivity contribution in [3.05, 3.63) is 35.4 Å². The van der Waals surface area contributed by atoms with Crippen LogP contribution in [0.1, 0.15) is 49.1 Å². The molecule has 4 aliphatic heterocycles. The van der Waals surface area contributed by atoms with Crippen LogP contribution in [0, 0.1) is 0 Å². The number of carbonyl (C=O) groups is 2. The summed E-state index contributed by atoms with van der Waals surface area (Å²) in [7, 11) is 0. The van der Waals surface area contributed by atoms with Gasteiger partial charge in [-0.05, 0) is 49.1 Å². The van der Waals surface area contributed by atoms with Crippen LogP contribution in [0.15, 0.2) is 24.3 Å². The number of fused-ring (bicyclic) bond motifs is 6. The lowest BCUT2D eigenvalue weighted by molar-refractivity contribution is -0.137. The highest BCUT2D eigenvalue weighted by Gasteiger charge is 2.52. The number of nitrogens with zero attached hydrogens (tertiary/aromatic N) is 1. The van der Waals surface area contributed by atoms with E-state index in [4.69, 9.17) is 14.2 Å². The van der Waals surface area contributed by atoms with Gasteiger partial charge in [0, 0.05) is 13.0 Å². The van der Waals surface area contributed by atoms with Crippen LogP contribution in [0.2, 0.25) is 0 Å². The molecule has 3 fully saturated rings. The molecule has 0 unspecified atom stereocenters. The molecule has 1 aromatic carbocycles. The van der Waals surface area contributed by atoms with Crippen LogP contribution in [-0.4, -0.2) is 67.6 Å². The lowest BCUT2D eigenvalue weighted by Crippen LogP contribution is -2.65. The maximum atomic E-state index is 12.9. The largest absolute Gasteiger partial charge is 0.449 e. The number of nitrogens with one attached hydrogen (secondary N) is 1. The number of morpholine rings is 1. The van der Waals surface area contributed by atoms with Crippen molar-refractivity contribution >= 4 is 12.0 Å². The summed E-state index contributed by atoms with van der Waals surface area (Å²) in [6.45, 7) is 1.75. The summed E-state index contributed by atoms with van der Waals surface area (Å²) in [5.41, 5.74) is 2.08. The molecule has 5 aliphatic rings. The summed E-state index contributed by atoms with van der Waals surface area (Å²) in [6.07, 6.45) is 5.49. The smallest absolute Gasteiger partial charge is 0.410 e. The highest BCUT2D eigenvalue weighted by atomic mass is 16.6. The molecule has 2 saturated heterocycles. The topological polar surface area (TPSA) is 77.1 Å². The summed E-state index contributed by atoms with van der Waals surface area (Å²) >= 11 is 0. The summed E-state index contributed by atoms with van der Waals surface area (Å²) in [5, 5.41) is 3.11. The van der Waals surface area contributed by atoms with Gasteiger partial charge in [-0.1, -0.05) is 24.3 Å². The molecule has 1 aliphatic carbocycles. The Morgan fingerprint density at radius 2 is 1.93 bits per heavy atom. The average Bonchev–Trinajstić information content (AvgIpc) is 3.09. The number of carbonyl (C=O) groups excluding carboxylic acids is 2. The fraction of sp³-hybridized carbons (Fsp3) is 0.652. The van der Waals surface area contributed by atoms with E-state index in [0.717, 1.165) is 32.1 Å². The maximum absolute atomic E-state index is 12.9. The standard InChI is InChI=1S/C23H30N2O5/c26-21-14-28-15-23(24-21)10-11-25-20(23)13-30-18-7-5-17(6-8-18)19-4-2-1-3-16(19)9-12-29-22(25)27/h1-4,17-18,20H,5-15H2,(H,24,26)/t17-,18+,20-,23+/m0/s1. The van der Waals surface area contributed by atoms with E-state index >= 15 is 0 Å². The first-order valence-corrected chi connectivity index (χ1v) is 11.2. The molecule has 1 N–H and O–H groups in total. The highest BCUT2D eigenvalue weighted by molar-refractivity contribution is 5.79. The number of benzene rings is 1. The van der Waals surface area contributed by atoms with Gasteiger partial charge in [0.25, 0.3) is 0 Å². The third kappa shape index (κ3) is 3.69. The van der Waals surface area contributed by atoms with Crippen LogP contribution in [0.5, 0.6) is 0 Å². The van der Waals surface area contributed by atoms with E-state index in [0.29, 0.717) is 38.7 Å². The normalized spacial score (nSPS) is 34.7. The Hall–Kier alpha value is -2.12. The highest BCUT2D eigenvalue weighted by Crippen LogP contribution is 2.37. The monoisotopic (exact) mass is 414 g/mol. The number of hydrogen-bond donors (Lipinski definition) is 1. The van der Waals surface area contributed by atoms with Crippen molar-refractivity contribution < 1.29 is 23.8 Å². The SMILES string of the molecule is O=C1COC[C@@]2(CCN3C(=O)OCCc4ccccc4[C@H]4CC[C@H](CC4)OC[C@H]32)N1. The van der Waals surface area contributed by atoms with Crippen molar-refractivity contribution in [2.75, 3.05) is 33.0 Å². The zero-order valence-corrected chi connectivity index (χ0v) is 17.3. The average molecular weight is 415 g/mol. The van der Waals surface area contributed by atoms with Crippen LogP contribution in [-0.2, 0) is 25.4 Å². The summed E-state index contributed by atoms with van der Waals surface area (Å²) in [5.74, 6) is 0.410. The lowest BCUT2D eigenvalue weighted by atomic mass is 9.80. The Balaban J connectivity index is 1.40. The van der Waals surface area contributed by atoms with Crippen molar-refractivity contribution in [3.63, 3.8) is 0 Å². The third-order valence-electron chi connectivity index (χ3n) is 7.28. The van der Waals surface area contributed by atoms with Crippen molar-refractivity contribution in [1.82, 2.24) is 10.2 Å². The minimum absolute atomic E-state index is 0.0726. The molecule has 2 amide bonds. The van der Waals surface area contributed by atoms with Crippen molar-refractivity contribution in [2.24, 2.45) is 0 Å². The summed E-state index contributed by atoms with van der Waals surface area (Å²) < 4.78 is 17.6. The molecular weight excluding hydrogens is 384 g/mol. The molecule has 162 valence electrons. The molecule has 2 atom stereocenters. The fourth-order valence-electron chi connectivity index (χ4n) is 5.66. The molecule has 2 bridgehead atoms. The van der Waals surface area contributed by atoms with Gasteiger partial charge in [-0.15, -0.1) is 0 Å².